The number of carbonyl (C=O) groups is 1. The number of ether oxygens (including phenoxy) is 1. The van der Waals surface area contributed by atoms with Crippen LogP contribution in [0.15, 0.2) is 42.5 Å². The fourth-order valence-corrected chi connectivity index (χ4v) is 2.06. The molecule has 5 nitrogen and oxygen atoms in total. The monoisotopic (exact) mass is 285 g/mol. The summed E-state index contributed by atoms with van der Waals surface area (Å²) in [7, 11) is 1.32. The minimum atomic E-state index is -0.478. The van der Waals surface area contributed by atoms with Crippen molar-refractivity contribution in [2.24, 2.45) is 0 Å². The van der Waals surface area contributed by atoms with Crippen LogP contribution in [-0.4, -0.2) is 24.1 Å². The molecule has 1 aromatic carbocycles. The van der Waals surface area contributed by atoms with Gasteiger partial charge in [-0.25, -0.2) is 9.78 Å². The van der Waals surface area contributed by atoms with Crippen LogP contribution in [-0.2, 0) is 11.2 Å². The molecule has 0 fully saturated rings. The third kappa shape index (κ3) is 3.95. The van der Waals surface area contributed by atoms with Crippen LogP contribution in [0.1, 0.15) is 23.0 Å². The van der Waals surface area contributed by atoms with Crippen LogP contribution < -0.4 is 11.1 Å². The fraction of sp³-hybridized carbons (Fsp3) is 0.250. The van der Waals surface area contributed by atoms with E-state index in [-0.39, 0.29) is 11.7 Å². The van der Waals surface area contributed by atoms with E-state index in [0.29, 0.717) is 11.5 Å². The number of carbonyl (C=O) groups excluding carboxylic acids is 1. The zero-order chi connectivity index (χ0) is 15.2. The van der Waals surface area contributed by atoms with Crippen LogP contribution in [0.4, 0.5) is 11.5 Å². The molecule has 5 heteroatoms. The molecule has 0 saturated heterocycles. The first kappa shape index (κ1) is 14.8. The summed E-state index contributed by atoms with van der Waals surface area (Å²) in [6.45, 7) is 2.04. The summed E-state index contributed by atoms with van der Waals surface area (Å²) in [5.74, 6) is 0.0232. The maximum Gasteiger partial charge on any atom is 0.356 e. The first-order valence-electron chi connectivity index (χ1n) is 6.75. The Kier molecular flexibility index (Phi) is 4.77. The summed E-state index contributed by atoms with van der Waals surface area (Å²) in [6.07, 6.45) is 0.838. The number of methoxy groups -OCH3 is 1. The molecule has 110 valence electrons. The molecule has 0 aliphatic heterocycles. The number of rotatable bonds is 5. The number of nitrogens with zero attached hydrogens (tertiary/aromatic N) is 1. The molecule has 21 heavy (non-hydrogen) atoms. The van der Waals surface area contributed by atoms with Crippen LogP contribution in [0.3, 0.4) is 0 Å². The maximum absolute atomic E-state index is 11.5. The van der Waals surface area contributed by atoms with E-state index >= 15 is 0 Å². The number of nitrogen functional groups attached to an aromatic ring is 1. The highest BCUT2D eigenvalue weighted by atomic mass is 16.5. The van der Waals surface area contributed by atoms with Crippen molar-refractivity contribution < 1.29 is 9.53 Å². The molecule has 0 saturated carbocycles. The fourth-order valence-electron chi connectivity index (χ4n) is 2.06. The first-order chi connectivity index (χ1) is 10.1. The van der Waals surface area contributed by atoms with Crippen molar-refractivity contribution in [1.82, 2.24) is 4.98 Å². The zero-order valence-electron chi connectivity index (χ0n) is 12.2. The second-order valence-corrected chi connectivity index (χ2v) is 4.86. The lowest BCUT2D eigenvalue weighted by Crippen LogP contribution is -2.20. The number of aromatic nitrogens is 1. The van der Waals surface area contributed by atoms with Crippen molar-refractivity contribution in [3.8, 4) is 0 Å². The largest absolute Gasteiger partial charge is 0.464 e. The van der Waals surface area contributed by atoms with E-state index in [0.717, 1.165) is 6.42 Å². The molecule has 2 aromatic rings. The molecule has 1 aromatic heterocycles. The second kappa shape index (κ2) is 6.74. The molecule has 0 amide bonds. The van der Waals surface area contributed by atoms with Crippen molar-refractivity contribution >= 4 is 17.5 Å². The molecule has 1 heterocycles. The van der Waals surface area contributed by atoms with Gasteiger partial charge in [0.25, 0.3) is 0 Å². The second-order valence-electron chi connectivity index (χ2n) is 4.86. The van der Waals surface area contributed by atoms with Gasteiger partial charge < -0.3 is 15.8 Å². The molecule has 1 atom stereocenters. The van der Waals surface area contributed by atoms with Gasteiger partial charge in [-0.2, -0.15) is 0 Å². The van der Waals surface area contributed by atoms with Crippen molar-refractivity contribution in [3.05, 3.63) is 53.7 Å². The Hall–Kier alpha value is -2.56. The van der Waals surface area contributed by atoms with Gasteiger partial charge in [0, 0.05) is 6.04 Å². The minimum absolute atomic E-state index is 0.134. The lowest BCUT2D eigenvalue weighted by atomic mass is 10.1. The van der Waals surface area contributed by atoms with E-state index in [1.807, 2.05) is 25.1 Å². The predicted molar refractivity (Wildman–Crippen MR) is 83.2 cm³/mol. The smallest absolute Gasteiger partial charge is 0.356 e. The number of anilines is 2. The lowest BCUT2D eigenvalue weighted by Gasteiger charge is -2.16. The van der Waals surface area contributed by atoms with E-state index < -0.39 is 5.97 Å². The minimum Gasteiger partial charge on any atom is -0.464 e. The summed E-state index contributed by atoms with van der Waals surface area (Å²) in [5, 5.41) is 3.23. The summed E-state index contributed by atoms with van der Waals surface area (Å²) in [5.41, 5.74) is 7.86. The molecule has 0 bridgehead atoms. The Bertz CT molecular complexity index is 614. The molecule has 1 unspecified atom stereocenters. The average Bonchev–Trinajstić information content (AvgIpc) is 2.49. The standard InChI is InChI=1S/C16H19N3O2/c1-11(10-12-6-4-3-5-7-12)18-15-13(17)8-9-14(19-15)16(20)21-2/h3-9,11H,10,17H2,1-2H3,(H,18,19). The van der Waals surface area contributed by atoms with Gasteiger partial charge in [0.1, 0.15) is 5.82 Å². The molecule has 0 aliphatic rings. The van der Waals surface area contributed by atoms with Gasteiger partial charge >= 0.3 is 5.97 Å². The Morgan fingerprint density at radius 3 is 2.67 bits per heavy atom. The van der Waals surface area contributed by atoms with Gasteiger partial charge in [0.15, 0.2) is 5.69 Å². The van der Waals surface area contributed by atoms with Gasteiger partial charge in [-0.05, 0) is 31.0 Å². The lowest BCUT2D eigenvalue weighted by molar-refractivity contribution is 0.0594. The van der Waals surface area contributed by atoms with Gasteiger partial charge in [-0.3, -0.25) is 0 Å². The highest BCUT2D eigenvalue weighted by Crippen LogP contribution is 2.18. The molecule has 2 rings (SSSR count). The highest BCUT2D eigenvalue weighted by molar-refractivity contribution is 5.88. The molecule has 0 spiro atoms. The highest BCUT2D eigenvalue weighted by Gasteiger charge is 2.12. The maximum atomic E-state index is 11.5. The topological polar surface area (TPSA) is 77.2 Å². The number of hydrogen-bond donors (Lipinski definition) is 2. The quantitative estimate of drug-likeness (QED) is 0.825. The van der Waals surface area contributed by atoms with Crippen LogP contribution in [0.5, 0.6) is 0 Å². The summed E-state index contributed by atoms with van der Waals surface area (Å²) in [4.78, 5) is 15.7. The van der Waals surface area contributed by atoms with Gasteiger partial charge in [0.05, 0.1) is 12.8 Å². The van der Waals surface area contributed by atoms with E-state index in [1.54, 1.807) is 12.1 Å². The third-order valence-corrected chi connectivity index (χ3v) is 3.09. The van der Waals surface area contributed by atoms with Crippen molar-refractivity contribution in [1.29, 1.82) is 0 Å². The van der Waals surface area contributed by atoms with Crippen LogP contribution in [0.25, 0.3) is 0 Å². The van der Waals surface area contributed by atoms with Crippen molar-refractivity contribution in [3.63, 3.8) is 0 Å². The van der Waals surface area contributed by atoms with Crippen molar-refractivity contribution in [2.75, 3.05) is 18.2 Å². The summed E-state index contributed by atoms with van der Waals surface area (Å²) in [6, 6.07) is 13.5. The number of esters is 1. The molecule has 3 N–H and O–H groups in total. The predicted octanol–water partition coefficient (Wildman–Crippen LogP) is 2.49. The first-order valence-corrected chi connectivity index (χ1v) is 6.75. The third-order valence-electron chi connectivity index (χ3n) is 3.09. The molecule has 0 radical (unpaired) electrons. The Morgan fingerprint density at radius 2 is 2.00 bits per heavy atom. The van der Waals surface area contributed by atoms with Crippen LogP contribution in [0, 0.1) is 0 Å². The average molecular weight is 285 g/mol. The van der Waals surface area contributed by atoms with Gasteiger partial charge in [-0.15, -0.1) is 0 Å². The number of nitrogens with two attached hydrogens (primary N) is 1. The van der Waals surface area contributed by atoms with Crippen LogP contribution >= 0.6 is 0 Å². The number of hydrogen-bond acceptors (Lipinski definition) is 5. The Morgan fingerprint density at radius 1 is 1.29 bits per heavy atom. The Labute approximate surface area is 124 Å². The molecular weight excluding hydrogens is 266 g/mol. The molecular formula is C16H19N3O2. The zero-order valence-corrected chi connectivity index (χ0v) is 12.2. The van der Waals surface area contributed by atoms with E-state index in [9.17, 15) is 4.79 Å². The summed E-state index contributed by atoms with van der Waals surface area (Å²) < 4.78 is 4.66. The van der Waals surface area contributed by atoms with Crippen molar-refractivity contribution in [2.45, 2.75) is 19.4 Å². The SMILES string of the molecule is COC(=O)c1ccc(N)c(NC(C)Cc2ccccc2)n1. The summed E-state index contributed by atoms with van der Waals surface area (Å²) >= 11 is 0. The van der Waals surface area contributed by atoms with Gasteiger partial charge in [0.2, 0.25) is 0 Å². The van der Waals surface area contributed by atoms with E-state index in [2.05, 4.69) is 27.2 Å². The number of pyridine rings is 1. The Balaban J connectivity index is 2.09. The van der Waals surface area contributed by atoms with Gasteiger partial charge in [-0.1, -0.05) is 30.3 Å². The van der Waals surface area contributed by atoms with Crippen LogP contribution in [0.2, 0.25) is 0 Å². The van der Waals surface area contributed by atoms with E-state index in [4.69, 9.17) is 5.73 Å². The number of benzene rings is 1. The normalized spacial score (nSPS) is 11.7. The van der Waals surface area contributed by atoms with E-state index in [1.165, 1.54) is 12.7 Å². The number of nitrogens with one attached hydrogen (secondary N) is 1. The molecule has 0 aliphatic carbocycles.